The first kappa shape index (κ1) is 25.4. The lowest BCUT2D eigenvalue weighted by atomic mass is 9.89. The second kappa shape index (κ2) is 9.91. The minimum atomic E-state index is -2.05. The fourth-order valence-corrected chi connectivity index (χ4v) is 3.64. The van der Waals surface area contributed by atoms with E-state index in [0.717, 1.165) is 5.56 Å². The third-order valence-corrected chi connectivity index (χ3v) is 9.88. The molecule has 0 saturated heterocycles. The number of aliphatic hydroxyl groups excluding tert-OH is 1. The third kappa shape index (κ3) is 7.95. The molecule has 3 atom stereocenters. The zero-order valence-corrected chi connectivity index (χ0v) is 20.3. The number of amides is 1. The molecule has 1 aromatic rings. The number of hydrogen-bond donors (Lipinski definition) is 2. The van der Waals surface area contributed by atoms with Crippen LogP contribution in [0.15, 0.2) is 43.0 Å². The Morgan fingerprint density at radius 1 is 1.17 bits per heavy atom. The summed E-state index contributed by atoms with van der Waals surface area (Å²) in [7, 11) is -2.05. The summed E-state index contributed by atoms with van der Waals surface area (Å²) in [5.74, 6) is -0.435. The van der Waals surface area contributed by atoms with Crippen LogP contribution in [0.1, 0.15) is 53.2 Å². The highest BCUT2D eigenvalue weighted by molar-refractivity contribution is 6.74. The average molecular weight is 422 g/mol. The Hall–Kier alpha value is -1.63. The molecule has 0 aliphatic heterocycles. The number of carbonyl (C=O) groups is 1. The van der Waals surface area contributed by atoms with Crippen molar-refractivity contribution in [1.29, 1.82) is 0 Å². The molecule has 29 heavy (non-hydrogen) atoms. The minimum Gasteiger partial charge on any atom is -0.444 e. The molecule has 0 aromatic heterocycles. The molecule has 5 nitrogen and oxygen atoms in total. The van der Waals surface area contributed by atoms with Gasteiger partial charge in [0.05, 0.1) is 18.8 Å². The molecule has 0 aliphatic rings. The van der Waals surface area contributed by atoms with Crippen LogP contribution in [0.3, 0.4) is 0 Å². The van der Waals surface area contributed by atoms with E-state index in [1.807, 2.05) is 51.1 Å². The van der Waals surface area contributed by atoms with Crippen LogP contribution in [0.25, 0.3) is 0 Å². The van der Waals surface area contributed by atoms with Crippen molar-refractivity contribution in [2.45, 2.75) is 77.4 Å². The summed E-state index contributed by atoms with van der Waals surface area (Å²) in [5, 5.41) is 13.9. The lowest BCUT2D eigenvalue weighted by Gasteiger charge is -2.39. The molecule has 0 saturated carbocycles. The van der Waals surface area contributed by atoms with E-state index in [0.29, 0.717) is 0 Å². The normalized spacial score (nSPS) is 15.9. The predicted molar refractivity (Wildman–Crippen MR) is 121 cm³/mol. The maximum atomic E-state index is 12.5. The van der Waals surface area contributed by atoms with Crippen molar-refractivity contribution in [2.75, 3.05) is 6.61 Å². The van der Waals surface area contributed by atoms with Crippen LogP contribution >= 0.6 is 0 Å². The van der Waals surface area contributed by atoms with Crippen LogP contribution in [0.2, 0.25) is 18.1 Å². The molecule has 0 aliphatic carbocycles. The fourth-order valence-electron chi connectivity index (χ4n) is 2.61. The van der Waals surface area contributed by atoms with Gasteiger partial charge < -0.3 is 19.6 Å². The maximum absolute atomic E-state index is 12.5. The molecule has 0 unspecified atom stereocenters. The number of rotatable bonds is 8. The number of carbonyl (C=O) groups excluding carboxylic acids is 1. The molecule has 0 spiro atoms. The summed E-state index contributed by atoms with van der Waals surface area (Å²) >= 11 is 0. The SMILES string of the molecule is C=C[C@H]([C@H](CO[Si](C)(C)C(C)(C)C)NC(=O)OC(C)(C)C)[C@H](O)c1ccccc1. The lowest BCUT2D eigenvalue weighted by Crippen LogP contribution is -2.50. The van der Waals surface area contributed by atoms with Gasteiger partial charge in [-0.1, -0.05) is 57.2 Å². The monoisotopic (exact) mass is 421 g/mol. The molecular formula is C23H39NO4Si. The standard InChI is InChI=1S/C23H39NO4Si/c1-10-18(20(25)17-14-12-11-13-15-17)19(24-21(26)28-22(2,3)4)16-27-29(8,9)23(5,6)7/h10-15,18-20,25H,1,16H2,2-9H3,(H,24,26)/t18-,19+,20-/m1/s1. The van der Waals surface area contributed by atoms with Crippen molar-refractivity contribution < 1.29 is 19.1 Å². The molecule has 0 heterocycles. The number of alkyl carbamates (subject to hydrolysis) is 1. The molecule has 0 radical (unpaired) electrons. The quantitative estimate of drug-likeness (QED) is 0.433. The summed E-state index contributed by atoms with van der Waals surface area (Å²) in [4.78, 5) is 12.5. The first-order valence-electron chi connectivity index (χ1n) is 10.2. The van der Waals surface area contributed by atoms with Gasteiger partial charge in [0.15, 0.2) is 8.32 Å². The lowest BCUT2D eigenvalue weighted by molar-refractivity contribution is 0.0396. The van der Waals surface area contributed by atoms with E-state index < -0.39 is 38.1 Å². The summed E-state index contributed by atoms with van der Waals surface area (Å²) < 4.78 is 11.8. The van der Waals surface area contributed by atoms with Gasteiger partial charge in [0.1, 0.15) is 5.60 Å². The summed E-state index contributed by atoms with van der Waals surface area (Å²) in [6, 6.07) is 8.89. The zero-order valence-electron chi connectivity index (χ0n) is 19.3. The molecule has 1 aromatic carbocycles. The summed E-state index contributed by atoms with van der Waals surface area (Å²) in [6.07, 6.45) is 0.319. The Balaban J connectivity index is 3.09. The second-order valence-electron chi connectivity index (χ2n) is 9.99. The number of ether oxygens (including phenoxy) is 1. The van der Waals surface area contributed by atoms with Crippen LogP contribution in [0.4, 0.5) is 4.79 Å². The molecule has 0 bridgehead atoms. The summed E-state index contributed by atoms with van der Waals surface area (Å²) in [5.41, 5.74) is 0.150. The Bertz CT molecular complexity index is 662. The molecule has 1 amide bonds. The van der Waals surface area contributed by atoms with Crippen LogP contribution in [-0.4, -0.2) is 37.8 Å². The van der Waals surface area contributed by atoms with Crippen molar-refractivity contribution >= 4 is 14.4 Å². The number of nitrogens with one attached hydrogen (secondary N) is 1. The van der Waals surface area contributed by atoms with Crippen LogP contribution in [0, 0.1) is 5.92 Å². The Kier molecular flexibility index (Phi) is 8.69. The van der Waals surface area contributed by atoms with Crippen molar-refractivity contribution in [3.8, 4) is 0 Å². The van der Waals surface area contributed by atoms with Crippen molar-refractivity contribution in [2.24, 2.45) is 5.92 Å². The van der Waals surface area contributed by atoms with Crippen molar-refractivity contribution in [1.82, 2.24) is 5.32 Å². The first-order valence-corrected chi connectivity index (χ1v) is 13.1. The van der Waals surface area contributed by atoms with Gasteiger partial charge in [-0.2, -0.15) is 0 Å². The second-order valence-corrected chi connectivity index (χ2v) is 14.8. The van der Waals surface area contributed by atoms with E-state index in [1.165, 1.54) is 0 Å². The Labute approximate surface area is 177 Å². The van der Waals surface area contributed by atoms with E-state index in [2.05, 4.69) is 45.8 Å². The average Bonchev–Trinajstić information content (AvgIpc) is 2.58. The zero-order chi connectivity index (χ0) is 22.5. The van der Waals surface area contributed by atoms with Gasteiger partial charge in [0.25, 0.3) is 0 Å². The number of aliphatic hydroxyl groups is 1. The highest BCUT2D eigenvalue weighted by atomic mass is 28.4. The smallest absolute Gasteiger partial charge is 0.407 e. The van der Waals surface area contributed by atoms with E-state index in [1.54, 1.807) is 6.08 Å². The van der Waals surface area contributed by atoms with Crippen LogP contribution < -0.4 is 5.32 Å². The topological polar surface area (TPSA) is 67.8 Å². The van der Waals surface area contributed by atoms with Crippen molar-refractivity contribution in [3.05, 3.63) is 48.6 Å². The summed E-state index contributed by atoms with van der Waals surface area (Å²) in [6.45, 7) is 20.5. The van der Waals surface area contributed by atoms with Gasteiger partial charge in [0, 0.05) is 5.92 Å². The van der Waals surface area contributed by atoms with E-state index in [9.17, 15) is 9.90 Å². The van der Waals surface area contributed by atoms with E-state index >= 15 is 0 Å². The van der Waals surface area contributed by atoms with E-state index in [-0.39, 0.29) is 11.6 Å². The van der Waals surface area contributed by atoms with Crippen molar-refractivity contribution in [3.63, 3.8) is 0 Å². The van der Waals surface area contributed by atoms with Gasteiger partial charge >= 0.3 is 6.09 Å². The van der Waals surface area contributed by atoms with Gasteiger partial charge in [-0.25, -0.2) is 4.79 Å². The van der Waals surface area contributed by atoms with Crippen LogP contribution in [-0.2, 0) is 9.16 Å². The first-order chi connectivity index (χ1) is 13.2. The largest absolute Gasteiger partial charge is 0.444 e. The van der Waals surface area contributed by atoms with Gasteiger partial charge in [-0.05, 0) is 44.5 Å². The highest BCUT2D eigenvalue weighted by Gasteiger charge is 2.39. The molecule has 164 valence electrons. The molecule has 2 N–H and O–H groups in total. The predicted octanol–water partition coefficient (Wildman–Crippen LogP) is 5.44. The van der Waals surface area contributed by atoms with Crippen LogP contribution in [0.5, 0.6) is 0 Å². The third-order valence-electron chi connectivity index (χ3n) is 5.37. The van der Waals surface area contributed by atoms with Gasteiger partial charge in [0.2, 0.25) is 0 Å². The van der Waals surface area contributed by atoms with Gasteiger partial charge in [-0.3, -0.25) is 0 Å². The molecular weight excluding hydrogens is 382 g/mol. The van der Waals surface area contributed by atoms with Gasteiger partial charge in [-0.15, -0.1) is 6.58 Å². The molecule has 6 heteroatoms. The minimum absolute atomic E-state index is 0.0329. The fraction of sp³-hybridized carbons (Fsp3) is 0.609. The Morgan fingerprint density at radius 2 is 1.72 bits per heavy atom. The molecule has 0 fully saturated rings. The number of hydrogen-bond acceptors (Lipinski definition) is 4. The maximum Gasteiger partial charge on any atom is 0.407 e. The van der Waals surface area contributed by atoms with E-state index in [4.69, 9.17) is 9.16 Å². The molecule has 1 rings (SSSR count). The Morgan fingerprint density at radius 3 is 2.17 bits per heavy atom. The number of benzene rings is 1. The highest BCUT2D eigenvalue weighted by Crippen LogP contribution is 2.37.